The lowest BCUT2D eigenvalue weighted by Crippen LogP contribution is -2.39. The summed E-state index contributed by atoms with van der Waals surface area (Å²) in [6, 6.07) is 7.87. The maximum absolute atomic E-state index is 12.8. The van der Waals surface area contributed by atoms with Crippen LogP contribution >= 0.6 is 0 Å². The van der Waals surface area contributed by atoms with Gasteiger partial charge in [-0.15, -0.1) is 0 Å². The zero-order valence-corrected chi connectivity index (χ0v) is 12.6. The summed E-state index contributed by atoms with van der Waals surface area (Å²) in [5.74, 6) is 0.208. The van der Waals surface area contributed by atoms with Crippen molar-refractivity contribution in [2.45, 2.75) is 19.4 Å². The first-order valence-corrected chi connectivity index (χ1v) is 7.27. The van der Waals surface area contributed by atoms with Crippen LogP contribution in [0.2, 0.25) is 0 Å². The number of hydrogen-bond donors (Lipinski definition) is 0. The molecule has 0 aliphatic carbocycles. The van der Waals surface area contributed by atoms with Gasteiger partial charge in [0.2, 0.25) is 0 Å². The Hall–Kier alpha value is -1.39. The molecule has 4 heteroatoms. The SMILES string of the molecule is CCC(C(=O)c1ccccc1N1CCOCC1)N(C)C. The molecule has 1 saturated heterocycles. The third-order valence-electron chi connectivity index (χ3n) is 3.83. The molecule has 2 rings (SSSR count). The molecule has 1 fully saturated rings. The Morgan fingerprint density at radius 3 is 2.55 bits per heavy atom. The van der Waals surface area contributed by atoms with E-state index in [1.165, 1.54) is 0 Å². The molecule has 0 radical (unpaired) electrons. The van der Waals surface area contributed by atoms with Gasteiger partial charge in [-0.1, -0.05) is 19.1 Å². The number of para-hydroxylation sites is 1. The number of hydrogen-bond acceptors (Lipinski definition) is 4. The molecule has 0 spiro atoms. The Balaban J connectivity index is 2.29. The molecule has 0 aromatic heterocycles. The second kappa shape index (κ2) is 6.86. The highest BCUT2D eigenvalue weighted by Gasteiger charge is 2.24. The first-order chi connectivity index (χ1) is 9.65. The molecule has 20 heavy (non-hydrogen) atoms. The lowest BCUT2D eigenvalue weighted by Gasteiger charge is -2.31. The molecule has 0 bridgehead atoms. The Morgan fingerprint density at radius 1 is 1.30 bits per heavy atom. The van der Waals surface area contributed by atoms with Crippen LogP contribution in [0.1, 0.15) is 23.7 Å². The average molecular weight is 276 g/mol. The van der Waals surface area contributed by atoms with Crippen molar-refractivity contribution in [1.29, 1.82) is 0 Å². The van der Waals surface area contributed by atoms with Crippen molar-refractivity contribution in [3.8, 4) is 0 Å². The predicted molar refractivity (Wildman–Crippen MR) is 81.6 cm³/mol. The summed E-state index contributed by atoms with van der Waals surface area (Å²) in [7, 11) is 3.92. The Kier molecular flexibility index (Phi) is 5.15. The zero-order valence-electron chi connectivity index (χ0n) is 12.6. The van der Waals surface area contributed by atoms with Crippen molar-refractivity contribution in [3.63, 3.8) is 0 Å². The number of anilines is 1. The van der Waals surface area contributed by atoms with Gasteiger partial charge >= 0.3 is 0 Å². The van der Waals surface area contributed by atoms with Gasteiger partial charge in [0.15, 0.2) is 5.78 Å². The van der Waals surface area contributed by atoms with E-state index in [9.17, 15) is 4.79 Å². The average Bonchev–Trinajstić information content (AvgIpc) is 2.48. The molecule has 1 aromatic carbocycles. The number of morpholine rings is 1. The molecule has 1 atom stereocenters. The number of carbonyl (C=O) groups excluding carboxylic acids is 1. The number of ether oxygens (including phenoxy) is 1. The molecule has 1 aliphatic rings. The van der Waals surface area contributed by atoms with Crippen LogP contribution in [0.15, 0.2) is 24.3 Å². The van der Waals surface area contributed by atoms with E-state index in [1.807, 2.05) is 43.3 Å². The van der Waals surface area contributed by atoms with Gasteiger partial charge in [-0.3, -0.25) is 9.69 Å². The molecular weight excluding hydrogens is 252 g/mol. The summed E-state index contributed by atoms with van der Waals surface area (Å²) < 4.78 is 5.39. The molecule has 1 aliphatic heterocycles. The molecule has 110 valence electrons. The second-order valence-electron chi connectivity index (χ2n) is 5.37. The van der Waals surface area contributed by atoms with E-state index < -0.39 is 0 Å². The van der Waals surface area contributed by atoms with Gasteiger partial charge in [-0.05, 0) is 32.6 Å². The van der Waals surface area contributed by atoms with E-state index >= 15 is 0 Å². The number of nitrogens with zero attached hydrogens (tertiary/aromatic N) is 2. The first kappa shape index (κ1) is 15.0. The lowest BCUT2D eigenvalue weighted by molar-refractivity contribution is 0.0870. The largest absolute Gasteiger partial charge is 0.378 e. The van der Waals surface area contributed by atoms with Crippen molar-refractivity contribution in [2.75, 3.05) is 45.3 Å². The van der Waals surface area contributed by atoms with Gasteiger partial charge in [0, 0.05) is 24.3 Å². The van der Waals surface area contributed by atoms with Crippen LogP contribution in [-0.2, 0) is 4.74 Å². The highest BCUT2D eigenvalue weighted by Crippen LogP contribution is 2.24. The van der Waals surface area contributed by atoms with Gasteiger partial charge in [0.25, 0.3) is 0 Å². The van der Waals surface area contributed by atoms with Crippen LogP contribution in [-0.4, -0.2) is 57.1 Å². The predicted octanol–water partition coefficient (Wildman–Crippen LogP) is 2.05. The molecule has 1 heterocycles. The lowest BCUT2D eigenvalue weighted by atomic mass is 9.99. The number of carbonyl (C=O) groups is 1. The van der Waals surface area contributed by atoms with Gasteiger partial charge in [0.05, 0.1) is 19.3 Å². The van der Waals surface area contributed by atoms with E-state index in [0.717, 1.165) is 44.0 Å². The van der Waals surface area contributed by atoms with Crippen LogP contribution in [0.4, 0.5) is 5.69 Å². The number of likely N-dealkylation sites (N-methyl/N-ethyl adjacent to an activating group) is 1. The quantitative estimate of drug-likeness (QED) is 0.771. The van der Waals surface area contributed by atoms with Crippen molar-refractivity contribution < 1.29 is 9.53 Å². The van der Waals surface area contributed by atoms with Crippen LogP contribution in [0.3, 0.4) is 0 Å². The third kappa shape index (κ3) is 3.19. The second-order valence-corrected chi connectivity index (χ2v) is 5.37. The van der Waals surface area contributed by atoms with Crippen LogP contribution in [0.5, 0.6) is 0 Å². The van der Waals surface area contributed by atoms with E-state index in [2.05, 4.69) is 11.8 Å². The molecule has 0 amide bonds. The van der Waals surface area contributed by atoms with Crippen molar-refractivity contribution in [3.05, 3.63) is 29.8 Å². The Morgan fingerprint density at radius 2 is 1.95 bits per heavy atom. The molecular formula is C16H24N2O2. The van der Waals surface area contributed by atoms with Gasteiger partial charge in [-0.2, -0.15) is 0 Å². The molecule has 0 saturated carbocycles. The smallest absolute Gasteiger partial charge is 0.181 e. The number of rotatable bonds is 5. The maximum atomic E-state index is 12.8. The third-order valence-corrected chi connectivity index (χ3v) is 3.83. The summed E-state index contributed by atoms with van der Waals surface area (Å²) in [4.78, 5) is 17.0. The Bertz CT molecular complexity index is 454. The first-order valence-electron chi connectivity index (χ1n) is 7.27. The minimum atomic E-state index is -0.0582. The van der Waals surface area contributed by atoms with Crippen molar-refractivity contribution >= 4 is 11.5 Å². The van der Waals surface area contributed by atoms with E-state index in [-0.39, 0.29) is 11.8 Å². The van der Waals surface area contributed by atoms with E-state index in [1.54, 1.807) is 0 Å². The molecule has 0 N–H and O–H groups in total. The van der Waals surface area contributed by atoms with Crippen molar-refractivity contribution in [2.24, 2.45) is 0 Å². The normalized spacial score (nSPS) is 17.3. The van der Waals surface area contributed by atoms with E-state index in [0.29, 0.717) is 0 Å². The number of ketones is 1. The van der Waals surface area contributed by atoms with Crippen LogP contribution in [0.25, 0.3) is 0 Å². The van der Waals surface area contributed by atoms with Crippen molar-refractivity contribution in [1.82, 2.24) is 4.90 Å². The fourth-order valence-corrected chi connectivity index (χ4v) is 2.73. The Labute approximate surface area is 121 Å². The molecule has 1 unspecified atom stereocenters. The fraction of sp³-hybridized carbons (Fsp3) is 0.562. The summed E-state index contributed by atoms with van der Waals surface area (Å²) in [5.41, 5.74) is 1.87. The van der Waals surface area contributed by atoms with Crippen LogP contribution in [0, 0.1) is 0 Å². The van der Waals surface area contributed by atoms with E-state index in [4.69, 9.17) is 4.74 Å². The standard InChI is InChI=1S/C16H24N2O2/c1-4-14(17(2)3)16(19)13-7-5-6-8-15(13)18-9-11-20-12-10-18/h5-8,14H,4,9-12H2,1-3H3. The fourth-order valence-electron chi connectivity index (χ4n) is 2.73. The highest BCUT2D eigenvalue weighted by atomic mass is 16.5. The summed E-state index contributed by atoms with van der Waals surface area (Å²) in [5, 5.41) is 0. The van der Waals surface area contributed by atoms with Gasteiger partial charge in [0.1, 0.15) is 0 Å². The number of benzene rings is 1. The zero-order chi connectivity index (χ0) is 14.5. The summed E-state index contributed by atoms with van der Waals surface area (Å²) >= 11 is 0. The minimum absolute atomic E-state index is 0.0582. The van der Waals surface area contributed by atoms with Gasteiger partial charge in [-0.25, -0.2) is 0 Å². The molecule has 1 aromatic rings. The topological polar surface area (TPSA) is 32.8 Å². The number of Topliss-reactive ketones (excluding diaryl/α,β-unsaturated/α-hetero) is 1. The van der Waals surface area contributed by atoms with Gasteiger partial charge < -0.3 is 9.64 Å². The monoisotopic (exact) mass is 276 g/mol. The molecule has 4 nitrogen and oxygen atoms in total. The summed E-state index contributed by atoms with van der Waals surface area (Å²) in [6.45, 7) is 5.22. The summed E-state index contributed by atoms with van der Waals surface area (Å²) in [6.07, 6.45) is 0.823. The highest BCUT2D eigenvalue weighted by molar-refractivity contribution is 6.04. The van der Waals surface area contributed by atoms with Crippen LogP contribution < -0.4 is 4.90 Å². The minimum Gasteiger partial charge on any atom is -0.378 e. The maximum Gasteiger partial charge on any atom is 0.181 e.